The van der Waals surface area contributed by atoms with Gasteiger partial charge in [0.1, 0.15) is 17.9 Å². The van der Waals surface area contributed by atoms with E-state index in [0.29, 0.717) is 36.8 Å². The Morgan fingerprint density at radius 3 is 2.14 bits per heavy atom. The van der Waals surface area contributed by atoms with Gasteiger partial charge in [0.2, 0.25) is 5.91 Å². The van der Waals surface area contributed by atoms with E-state index in [9.17, 15) is 14.4 Å². The minimum absolute atomic E-state index is 0.0332. The van der Waals surface area contributed by atoms with E-state index in [1.807, 2.05) is 53.6 Å². The van der Waals surface area contributed by atoms with E-state index in [1.165, 1.54) is 23.2 Å². The molecule has 11 nitrogen and oxygen atoms in total. The van der Waals surface area contributed by atoms with Crippen molar-refractivity contribution in [1.82, 2.24) is 19.7 Å². The minimum Gasteiger partial charge on any atom is -0.491 e. The minimum atomic E-state index is -0.766. The molecule has 0 aliphatic rings. The highest BCUT2D eigenvalue weighted by Crippen LogP contribution is 2.33. The predicted octanol–water partition coefficient (Wildman–Crippen LogP) is 5.02. The normalized spacial score (nSPS) is 11.5. The lowest BCUT2D eigenvalue weighted by molar-refractivity contribution is -0.132. The fraction of sp³-hybridized carbons (Fsp3) is 0.562. The van der Waals surface area contributed by atoms with Crippen LogP contribution in [0.5, 0.6) is 17.2 Å². The van der Waals surface area contributed by atoms with Crippen LogP contribution in [-0.2, 0) is 16.1 Å². The monoisotopic (exact) mass is 600 g/mol. The van der Waals surface area contributed by atoms with Gasteiger partial charge in [-0.05, 0) is 93.8 Å². The van der Waals surface area contributed by atoms with Crippen molar-refractivity contribution in [2.75, 3.05) is 40.3 Å². The standard InChI is InChI=1S/C32H48N4O7/c1-11-35(17-16-34(9)10)29(37)21-36(31(39)43-32(6,7)8)20-25-18-24(14-15-33-25)30(38)42-27-13-12-26(40-22(2)3)19-28(27)41-23(4)5/h12-15,18-19,22-23H,11,16-17,20-21H2,1-10H3. The lowest BCUT2D eigenvalue weighted by Crippen LogP contribution is -2.46. The van der Waals surface area contributed by atoms with E-state index in [4.69, 9.17) is 18.9 Å². The molecule has 11 heteroatoms. The van der Waals surface area contributed by atoms with E-state index in [1.54, 1.807) is 43.9 Å². The predicted molar refractivity (Wildman–Crippen MR) is 165 cm³/mol. The number of ether oxygens (including phenoxy) is 4. The molecule has 1 aromatic heterocycles. The van der Waals surface area contributed by atoms with Gasteiger partial charge in [0, 0.05) is 31.9 Å². The Hall–Kier alpha value is -3.86. The zero-order valence-electron chi connectivity index (χ0n) is 27.3. The molecule has 1 aromatic carbocycles. The van der Waals surface area contributed by atoms with Crippen LogP contribution >= 0.6 is 0 Å². The van der Waals surface area contributed by atoms with Crippen LogP contribution in [0.2, 0.25) is 0 Å². The number of aromatic nitrogens is 1. The van der Waals surface area contributed by atoms with Crippen molar-refractivity contribution in [3.63, 3.8) is 0 Å². The zero-order valence-corrected chi connectivity index (χ0v) is 27.3. The van der Waals surface area contributed by atoms with Gasteiger partial charge in [-0.25, -0.2) is 9.59 Å². The third-order valence-electron chi connectivity index (χ3n) is 5.79. The maximum Gasteiger partial charge on any atom is 0.411 e. The Morgan fingerprint density at radius 2 is 1.56 bits per heavy atom. The van der Waals surface area contributed by atoms with Crippen LogP contribution in [0.4, 0.5) is 4.79 Å². The van der Waals surface area contributed by atoms with Gasteiger partial charge in [-0.3, -0.25) is 14.7 Å². The number of benzene rings is 1. The second kappa shape index (κ2) is 16.1. The van der Waals surface area contributed by atoms with Gasteiger partial charge >= 0.3 is 12.1 Å². The smallest absolute Gasteiger partial charge is 0.411 e. The number of carbonyl (C=O) groups excluding carboxylic acids is 3. The Morgan fingerprint density at radius 1 is 0.884 bits per heavy atom. The summed E-state index contributed by atoms with van der Waals surface area (Å²) in [5.74, 6) is 0.368. The molecule has 0 N–H and O–H groups in total. The molecule has 2 aromatic rings. The van der Waals surface area contributed by atoms with Crippen molar-refractivity contribution in [2.45, 2.75) is 79.7 Å². The molecule has 0 aliphatic heterocycles. The number of esters is 1. The first-order valence-electron chi connectivity index (χ1n) is 14.6. The van der Waals surface area contributed by atoms with Gasteiger partial charge < -0.3 is 28.7 Å². The van der Waals surface area contributed by atoms with Gasteiger partial charge in [0.05, 0.1) is 30.0 Å². The molecule has 0 spiro atoms. The number of hydrogen-bond donors (Lipinski definition) is 0. The molecule has 0 bridgehead atoms. The van der Waals surface area contributed by atoms with Crippen molar-refractivity contribution in [1.29, 1.82) is 0 Å². The summed E-state index contributed by atoms with van der Waals surface area (Å²) in [5, 5.41) is 0. The number of amides is 2. The largest absolute Gasteiger partial charge is 0.491 e. The summed E-state index contributed by atoms with van der Waals surface area (Å²) < 4.78 is 22.9. The van der Waals surface area contributed by atoms with E-state index < -0.39 is 17.7 Å². The number of nitrogens with zero attached hydrogens (tertiary/aromatic N) is 4. The molecule has 1 heterocycles. The highest BCUT2D eigenvalue weighted by Gasteiger charge is 2.27. The number of pyridine rings is 1. The van der Waals surface area contributed by atoms with Gasteiger partial charge in [-0.2, -0.15) is 0 Å². The average molecular weight is 601 g/mol. The third-order valence-corrected chi connectivity index (χ3v) is 5.79. The summed E-state index contributed by atoms with van der Waals surface area (Å²) in [4.78, 5) is 48.8. The second-order valence-electron chi connectivity index (χ2n) is 12.0. The van der Waals surface area contributed by atoms with Crippen molar-refractivity contribution < 1.29 is 33.3 Å². The Balaban J connectivity index is 2.28. The number of carbonyl (C=O) groups is 3. The molecule has 43 heavy (non-hydrogen) atoms. The second-order valence-corrected chi connectivity index (χ2v) is 12.0. The summed E-state index contributed by atoms with van der Waals surface area (Å²) in [7, 11) is 3.87. The van der Waals surface area contributed by atoms with Gasteiger partial charge in [0.15, 0.2) is 11.5 Å². The molecule has 238 valence electrons. The first kappa shape index (κ1) is 35.3. The summed E-state index contributed by atoms with van der Waals surface area (Å²) in [5.41, 5.74) is -0.151. The van der Waals surface area contributed by atoms with Crippen molar-refractivity contribution in [2.24, 2.45) is 0 Å². The first-order chi connectivity index (χ1) is 20.1. The maximum absolute atomic E-state index is 13.2. The van der Waals surface area contributed by atoms with Crippen LogP contribution in [0, 0.1) is 0 Å². The number of likely N-dealkylation sites (N-methyl/N-ethyl adjacent to an activating group) is 2. The molecule has 0 saturated heterocycles. The summed E-state index contributed by atoms with van der Waals surface area (Å²) in [6, 6.07) is 8.08. The third kappa shape index (κ3) is 12.5. The Kier molecular flexibility index (Phi) is 13.2. The molecule has 0 aliphatic carbocycles. The Bertz CT molecular complexity index is 1220. The molecule has 0 radical (unpaired) electrons. The van der Waals surface area contributed by atoms with Gasteiger partial charge in [-0.1, -0.05) is 0 Å². The van der Waals surface area contributed by atoms with Crippen LogP contribution in [0.15, 0.2) is 36.5 Å². The first-order valence-corrected chi connectivity index (χ1v) is 14.6. The van der Waals surface area contributed by atoms with Crippen molar-refractivity contribution in [3.8, 4) is 17.2 Å². The van der Waals surface area contributed by atoms with Crippen molar-refractivity contribution >= 4 is 18.0 Å². The number of hydrogen-bond acceptors (Lipinski definition) is 9. The fourth-order valence-electron chi connectivity index (χ4n) is 3.86. The van der Waals surface area contributed by atoms with Crippen LogP contribution in [0.1, 0.15) is 71.4 Å². The van der Waals surface area contributed by atoms with Gasteiger partial charge in [0.25, 0.3) is 0 Å². The molecule has 2 rings (SSSR count). The van der Waals surface area contributed by atoms with E-state index >= 15 is 0 Å². The van der Waals surface area contributed by atoms with E-state index in [2.05, 4.69) is 4.98 Å². The SMILES string of the molecule is CCN(CCN(C)C)C(=O)CN(Cc1cc(C(=O)Oc2ccc(OC(C)C)cc2OC(C)C)ccn1)C(=O)OC(C)(C)C. The van der Waals surface area contributed by atoms with E-state index in [0.717, 1.165) is 0 Å². The lowest BCUT2D eigenvalue weighted by Gasteiger charge is -2.29. The molecular formula is C32H48N4O7. The summed E-state index contributed by atoms with van der Waals surface area (Å²) in [6.45, 7) is 16.2. The molecule has 0 atom stereocenters. The summed E-state index contributed by atoms with van der Waals surface area (Å²) in [6.07, 6.45) is 0.613. The molecule has 2 amide bonds. The Labute approximate surface area is 256 Å². The fourth-order valence-corrected chi connectivity index (χ4v) is 3.86. The van der Waals surface area contributed by atoms with Crippen LogP contribution in [-0.4, -0.2) is 95.7 Å². The highest BCUT2D eigenvalue weighted by atomic mass is 16.6. The lowest BCUT2D eigenvalue weighted by atomic mass is 10.2. The molecule has 0 saturated carbocycles. The van der Waals surface area contributed by atoms with Crippen molar-refractivity contribution in [3.05, 3.63) is 47.8 Å². The van der Waals surface area contributed by atoms with Crippen LogP contribution in [0.25, 0.3) is 0 Å². The number of rotatable bonds is 14. The zero-order chi connectivity index (χ0) is 32.3. The quantitative estimate of drug-likeness (QED) is 0.218. The topological polar surface area (TPSA) is 111 Å². The highest BCUT2D eigenvalue weighted by molar-refractivity contribution is 5.91. The van der Waals surface area contributed by atoms with Crippen LogP contribution < -0.4 is 14.2 Å². The maximum atomic E-state index is 13.2. The molecular weight excluding hydrogens is 552 g/mol. The summed E-state index contributed by atoms with van der Waals surface area (Å²) >= 11 is 0. The molecule has 0 unspecified atom stereocenters. The average Bonchev–Trinajstić information content (AvgIpc) is 2.88. The van der Waals surface area contributed by atoms with Gasteiger partial charge in [-0.15, -0.1) is 0 Å². The van der Waals surface area contributed by atoms with E-state index in [-0.39, 0.29) is 42.5 Å². The molecule has 0 fully saturated rings. The van der Waals surface area contributed by atoms with Crippen LogP contribution in [0.3, 0.4) is 0 Å².